The molecule has 108 valence electrons. The molecule has 21 heavy (non-hydrogen) atoms. The second kappa shape index (κ2) is 5.46. The molecule has 0 aliphatic heterocycles. The monoisotopic (exact) mass is 320 g/mol. The summed E-state index contributed by atoms with van der Waals surface area (Å²) in [5, 5.41) is 8.76. The summed E-state index contributed by atoms with van der Waals surface area (Å²) in [5.41, 5.74) is 2.31. The average molecular weight is 321 g/mol. The van der Waals surface area contributed by atoms with Crippen LogP contribution in [0.4, 0.5) is 0 Å². The second-order valence-corrected chi connectivity index (χ2v) is 6.25. The highest BCUT2D eigenvalue weighted by Gasteiger charge is 2.14. The van der Waals surface area contributed by atoms with Gasteiger partial charge in [-0.1, -0.05) is 29.0 Å². The van der Waals surface area contributed by atoms with Gasteiger partial charge in [0.25, 0.3) is 5.91 Å². The first kappa shape index (κ1) is 14.0. The fraction of sp³-hybridized carbons (Fsp3) is 0.214. The van der Waals surface area contributed by atoms with Crippen molar-refractivity contribution in [1.29, 1.82) is 0 Å². The maximum absolute atomic E-state index is 12.1. The quantitative estimate of drug-likeness (QED) is 0.807. The minimum Gasteiger partial charge on any atom is -0.346 e. The van der Waals surface area contributed by atoms with Crippen molar-refractivity contribution >= 4 is 33.8 Å². The predicted octanol–water partition coefficient (Wildman–Crippen LogP) is 2.99. The summed E-state index contributed by atoms with van der Waals surface area (Å²) in [6.07, 6.45) is 0. The van der Waals surface area contributed by atoms with Crippen LogP contribution in [0.15, 0.2) is 24.3 Å². The number of aryl methyl sites for hydroxylation is 2. The van der Waals surface area contributed by atoms with Crippen LogP contribution in [-0.2, 0) is 6.54 Å². The molecule has 1 N–H and O–H groups in total. The van der Waals surface area contributed by atoms with Gasteiger partial charge in [-0.05, 0) is 32.0 Å². The standard InChI is InChI=1S/C14H13ClN4OS/c1-8-12(19-14(17-8)21-9(2)18-19)7-16-13(20)10-4-3-5-11(15)6-10/h3-6H,7H2,1-2H3,(H,16,20). The second-order valence-electron chi connectivity index (χ2n) is 4.65. The lowest BCUT2D eigenvalue weighted by molar-refractivity contribution is 0.0950. The number of benzene rings is 1. The van der Waals surface area contributed by atoms with Gasteiger partial charge in [-0.25, -0.2) is 9.50 Å². The van der Waals surface area contributed by atoms with Crippen LogP contribution in [0.25, 0.3) is 4.96 Å². The topological polar surface area (TPSA) is 59.3 Å². The average Bonchev–Trinajstić information content (AvgIpc) is 2.91. The highest BCUT2D eigenvalue weighted by atomic mass is 35.5. The molecule has 3 rings (SSSR count). The molecule has 0 fully saturated rings. The van der Waals surface area contributed by atoms with Crippen LogP contribution >= 0.6 is 22.9 Å². The van der Waals surface area contributed by atoms with Crippen molar-refractivity contribution < 1.29 is 4.79 Å². The Hall–Kier alpha value is -1.92. The highest BCUT2D eigenvalue weighted by Crippen LogP contribution is 2.18. The number of nitrogens with one attached hydrogen (secondary N) is 1. The lowest BCUT2D eigenvalue weighted by Gasteiger charge is -2.05. The zero-order valence-corrected chi connectivity index (χ0v) is 13.1. The van der Waals surface area contributed by atoms with E-state index < -0.39 is 0 Å². The molecule has 0 saturated carbocycles. The lowest BCUT2D eigenvalue weighted by Crippen LogP contribution is -2.24. The van der Waals surface area contributed by atoms with Crippen molar-refractivity contribution in [2.45, 2.75) is 20.4 Å². The van der Waals surface area contributed by atoms with Gasteiger partial charge >= 0.3 is 0 Å². The van der Waals surface area contributed by atoms with E-state index in [1.54, 1.807) is 28.8 Å². The number of carbonyl (C=O) groups is 1. The van der Waals surface area contributed by atoms with Crippen LogP contribution in [0.2, 0.25) is 5.02 Å². The van der Waals surface area contributed by atoms with Crippen LogP contribution in [0.3, 0.4) is 0 Å². The van der Waals surface area contributed by atoms with E-state index in [1.807, 2.05) is 13.8 Å². The molecule has 0 atom stereocenters. The Bertz CT molecular complexity index is 824. The van der Waals surface area contributed by atoms with Crippen molar-refractivity contribution in [3.8, 4) is 0 Å². The van der Waals surface area contributed by atoms with Gasteiger partial charge in [0.1, 0.15) is 5.01 Å². The van der Waals surface area contributed by atoms with E-state index >= 15 is 0 Å². The number of aromatic nitrogens is 3. The maximum Gasteiger partial charge on any atom is 0.251 e. The first-order chi connectivity index (χ1) is 10.0. The zero-order valence-electron chi connectivity index (χ0n) is 11.6. The van der Waals surface area contributed by atoms with Crippen molar-refractivity contribution in [1.82, 2.24) is 19.9 Å². The molecule has 3 aromatic rings. The summed E-state index contributed by atoms with van der Waals surface area (Å²) in [7, 11) is 0. The Morgan fingerprint density at radius 3 is 3.00 bits per heavy atom. The van der Waals surface area contributed by atoms with E-state index in [9.17, 15) is 4.79 Å². The van der Waals surface area contributed by atoms with Crippen LogP contribution in [0.1, 0.15) is 26.8 Å². The number of hydrogen-bond donors (Lipinski definition) is 1. The number of imidazole rings is 1. The fourth-order valence-electron chi connectivity index (χ4n) is 2.09. The van der Waals surface area contributed by atoms with Gasteiger partial charge in [0.2, 0.25) is 4.96 Å². The molecule has 0 saturated heterocycles. The van der Waals surface area contributed by atoms with E-state index in [1.165, 1.54) is 11.3 Å². The number of hydrogen-bond acceptors (Lipinski definition) is 4. The summed E-state index contributed by atoms with van der Waals surface area (Å²) in [4.78, 5) is 17.4. The van der Waals surface area contributed by atoms with Crippen LogP contribution in [0.5, 0.6) is 0 Å². The summed E-state index contributed by atoms with van der Waals surface area (Å²) in [5.74, 6) is -0.168. The molecule has 5 nitrogen and oxygen atoms in total. The Labute approximate surface area is 130 Å². The molecule has 0 radical (unpaired) electrons. The molecular formula is C14H13ClN4OS. The minimum atomic E-state index is -0.168. The number of carbonyl (C=O) groups excluding carboxylic acids is 1. The molecule has 0 unspecified atom stereocenters. The van der Waals surface area contributed by atoms with Gasteiger partial charge in [-0.3, -0.25) is 4.79 Å². The highest BCUT2D eigenvalue weighted by molar-refractivity contribution is 7.16. The Kier molecular flexibility index (Phi) is 3.65. The van der Waals surface area contributed by atoms with E-state index in [4.69, 9.17) is 11.6 Å². The number of halogens is 1. The number of amides is 1. The predicted molar refractivity (Wildman–Crippen MR) is 83.0 cm³/mol. The van der Waals surface area contributed by atoms with Gasteiger partial charge in [-0.15, -0.1) is 0 Å². The molecule has 0 bridgehead atoms. The number of fused-ring (bicyclic) bond motifs is 1. The molecule has 2 aromatic heterocycles. The van der Waals surface area contributed by atoms with Gasteiger partial charge < -0.3 is 5.32 Å². The first-order valence-corrected chi connectivity index (χ1v) is 7.59. The zero-order chi connectivity index (χ0) is 15.0. The third-order valence-corrected chi connectivity index (χ3v) is 4.16. The molecule has 7 heteroatoms. The van der Waals surface area contributed by atoms with Crippen LogP contribution in [-0.4, -0.2) is 20.5 Å². The maximum atomic E-state index is 12.1. The van der Waals surface area contributed by atoms with Gasteiger partial charge in [0, 0.05) is 10.6 Å². The van der Waals surface area contributed by atoms with E-state index in [-0.39, 0.29) is 5.91 Å². The Balaban J connectivity index is 1.80. The molecule has 1 amide bonds. The lowest BCUT2D eigenvalue weighted by atomic mass is 10.2. The Morgan fingerprint density at radius 1 is 1.43 bits per heavy atom. The van der Waals surface area contributed by atoms with Gasteiger partial charge in [-0.2, -0.15) is 5.10 Å². The number of rotatable bonds is 3. The minimum absolute atomic E-state index is 0.168. The summed E-state index contributed by atoms with van der Waals surface area (Å²) < 4.78 is 1.79. The van der Waals surface area contributed by atoms with Gasteiger partial charge in [0.05, 0.1) is 17.9 Å². The van der Waals surface area contributed by atoms with Crippen molar-refractivity contribution in [3.05, 3.63) is 51.2 Å². The van der Waals surface area contributed by atoms with Crippen molar-refractivity contribution in [2.24, 2.45) is 0 Å². The smallest absolute Gasteiger partial charge is 0.251 e. The summed E-state index contributed by atoms with van der Waals surface area (Å²) in [6, 6.07) is 6.86. The summed E-state index contributed by atoms with van der Waals surface area (Å²) in [6.45, 7) is 4.22. The molecule has 0 spiro atoms. The molecule has 0 aliphatic carbocycles. The van der Waals surface area contributed by atoms with Crippen LogP contribution in [0, 0.1) is 13.8 Å². The molecule has 0 aliphatic rings. The van der Waals surface area contributed by atoms with E-state index in [2.05, 4.69) is 15.4 Å². The Morgan fingerprint density at radius 2 is 2.24 bits per heavy atom. The normalized spacial score (nSPS) is 11.0. The first-order valence-electron chi connectivity index (χ1n) is 6.40. The van der Waals surface area contributed by atoms with Crippen molar-refractivity contribution in [3.63, 3.8) is 0 Å². The third kappa shape index (κ3) is 2.77. The van der Waals surface area contributed by atoms with E-state index in [0.717, 1.165) is 21.4 Å². The molecule has 1 aromatic carbocycles. The largest absolute Gasteiger partial charge is 0.346 e. The summed E-state index contributed by atoms with van der Waals surface area (Å²) >= 11 is 7.42. The van der Waals surface area contributed by atoms with Crippen molar-refractivity contribution in [2.75, 3.05) is 0 Å². The molecule has 2 heterocycles. The SMILES string of the molecule is Cc1nn2c(CNC(=O)c3cccc(Cl)c3)c(C)nc2s1. The molecular weight excluding hydrogens is 308 g/mol. The van der Waals surface area contributed by atoms with Gasteiger partial charge in [0.15, 0.2) is 0 Å². The van der Waals surface area contributed by atoms with Crippen LogP contribution < -0.4 is 5.32 Å². The number of nitrogens with zero attached hydrogens (tertiary/aromatic N) is 3. The fourth-order valence-corrected chi connectivity index (χ4v) is 3.08. The third-order valence-electron chi connectivity index (χ3n) is 3.10. The van der Waals surface area contributed by atoms with E-state index in [0.29, 0.717) is 17.1 Å².